The second-order valence-electron chi connectivity index (χ2n) is 4.04. The normalized spacial score (nSPS) is 17.6. The van der Waals surface area contributed by atoms with Crippen LogP contribution in [0.5, 0.6) is 0 Å². The van der Waals surface area contributed by atoms with Gasteiger partial charge in [-0.2, -0.15) is 0 Å². The van der Waals surface area contributed by atoms with Gasteiger partial charge in [-0.15, -0.1) is 0 Å². The summed E-state index contributed by atoms with van der Waals surface area (Å²) >= 11 is 3.27. The van der Waals surface area contributed by atoms with Gasteiger partial charge in [0, 0.05) is 4.47 Å². The van der Waals surface area contributed by atoms with Crippen molar-refractivity contribution in [3.8, 4) is 0 Å². The molecular weight excluding hydrogens is 273 g/mol. The van der Waals surface area contributed by atoms with Gasteiger partial charge in [-0.1, -0.05) is 15.9 Å². The lowest BCUT2D eigenvalue weighted by molar-refractivity contribution is 0.0211. The molecule has 0 atom stereocenters. The molecule has 2 nitrogen and oxygen atoms in total. The molecule has 0 bridgehead atoms. The van der Waals surface area contributed by atoms with Gasteiger partial charge in [-0.05, 0) is 49.7 Å². The number of ether oxygens (including phenoxy) is 1. The third-order valence-electron chi connectivity index (χ3n) is 2.69. The van der Waals surface area contributed by atoms with Crippen LogP contribution in [0.1, 0.15) is 18.4 Å². The zero-order valence-corrected chi connectivity index (χ0v) is 10.6. The van der Waals surface area contributed by atoms with Crippen LogP contribution >= 0.6 is 15.9 Å². The van der Waals surface area contributed by atoms with Crippen molar-refractivity contribution in [1.29, 1.82) is 0 Å². The van der Waals surface area contributed by atoms with Crippen LogP contribution in [0.3, 0.4) is 0 Å². The van der Waals surface area contributed by atoms with Crippen molar-refractivity contribution >= 4 is 15.9 Å². The highest BCUT2D eigenvalue weighted by atomic mass is 79.9. The molecular formula is C12H15BrFNO. The maximum atomic E-state index is 13.1. The van der Waals surface area contributed by atoms with Crippen molar-refractivity contribution in [2.75, 3.05) is 13.1 Å². The van der Waals surface area contributed by atoms with Crippen molar-refractivity contribution in [2.45, 2.75) is 25.6 Å². The van der Waals surface area contributed by atoms with E-state index >= 15 is 0 Å². The van der Waals surface area contributed by atoms with E-state index in [0.29, 0.717) is 12.7 Å². The van der Waals surface area contributed by atoms with E-state index in [1.807, 2.05) is 6.07 Å². The SMILES string of the molecule is Fc1cc(Br)cc(COC2CCNCC2)c1. The number of hydrogen-bond acceptors (Lipinski definition) is 2. The van der Waals surface area contributed by atoms with Gasteiger partial charge in [0.25, 0.3) is 0 Å². The lowest BCUT2D eigenvalue weighted by Gasteiger charge is -2.23. The summed E-state index contributed by atoms with van der Waals surface area (Å²) in [5.41, 5.74) is 0.880. The summed E-state index contributed by atoms with van der Waals surface area (Å²) in [4.78, 5) is 0. The van der Waals surface area contributed by atoms with Crippen LogP contribution in [-0.4, -0.2) is 19.2 Å². The van der Waals surface area contributed by atoms with E-state index in [1.54, 1.807) is 0 Å². The monoisotopic (exact) mass is 287 g/mol. The summed E-state index contributed by atoms with van der Waals surface area (Å²) in [5, 5.41) is 3.28. The third-order valence-corrected chi connectivity index (χ3v) is 3.15. The molecule has 0 saturated carbocycles. The summed E-state index contributed by atoms with van der Waals surface area (Å²) < 4.78 is 19.6. The molecule has 1 saturated heterocycles. The molecule has 0 aliphatic carbocycles. The Morgan fingerprint density at radius 3 is 2.75 bits per heavy atom. The molecule has 0 spiro atoms. The zero-order chi connectivity index (χ0) is 11.4. The number of benzene rings is 1. The molecule has 1 aromatic carbocycles. The number of halogens is 2. The van der Waals surface area contributed by atoms with E-state index in [2.05, 4.69) is 21.2 Å². The van der Waals surface area contributed by atoms with Crippen LogP contribution in [-0.2, 0) is 11.3 Å². The highest BCUT2D eigenvalue weighted by molar-refractivity contribution is 9.10. The quantitative estimate of drug-likeness (QED) is 0.923. The predicted octanol–water partition coefficient (Wildman–Crippen LogP) is 2.86. The lowest BCUT2D eigenvalue weighted by atomic mass is 10.1. The molecule has 2 rings (SSSR count). The molecule has 0 aromatic heterocycles. The van der Waals surface area contributed by atoms with Gasteiger partial charge in [0.1, 0.15) is 5.82 Å². The Bertz CT molecular complexity index is 333. The molecule has 1 heterocycles. The highest BCUT2D eigenvalue weighted by Gasteiger charge is 2.13. The molecule has 1 aromatic rings. The Morgan fingerprint density at radius 2 is 2.06 bits per heavy atom. The number of piperidine rings is 1. The molecule has 0 amide bonds. The molecule has 0 radical (unpaired) electrons. The van der Waals surface area contributed by atoms with Crippen LogP contribution in [0.25, 0.3) is 0 Å². The highest BCUT2D eigenvalue weighted by Crippen LogP contribution is 2.17. The van der Waals surface area contributed by atoms with Gasteiger partial charge in [-0.3, -0.25) is 0 Å². The fraction of sp³-hybridized carbons (Fsp3) is 0.500. The van der Waals surface area contributed by atoms with E-state index < -0.39 is 0 Å². The molecule has 88 valence electrons. The van der Waals surface area contributed by atoms with E-state index in [4.69, 9.17) is 4.74 Å². The first-order chi connectivity index (χ1) is 7.74. The van der Waals surface area contributed by atoms with Gasteiger partial charge >= 0.3 is 0 Å². The van der Waals surface area contributed by atoms with Crippen LogP contribution in [0, 0.1) is 5.82 Å². The van der Waals surface area contributed by atoms with Crippen molar-refractivity contribution in [1.82, 2.24) is 5.32 Å². The predicted molar refractivity (Wildman–Crippen MR) is 64.8 cm³/mol. The zero-order valence-electron chi connectivity index (χ0n) is 9.01. The average Bonchev–Trinajstić information content (AvgIpc) is 2.27. The number of hydrogen-bond donors (Lipinski definition) is 1. The first-order valence-electron chi connectivity index (χ1n) is 5.51. The number of rotatable bonds is 3. The van der Waals surface area contributed by atoms with Crippen molar-refractivity contribution in [2.24, 2.45) is 0 Å². The minimum Gasteiger partial charge on any atom is -0.373 e. The molecule has 4 heteroatoms. The van der Waals surface area contributed by atoms with Crippen molar-refractivity contribution < 1.29 is 9.13 Å². The van der Waals surface area contributed by atoms with E-state index in [0.717, 1.165) is 36.0 Å². The Labute approximate surface area is 103 Å². The van der Waals surface area contributed by atoms with Gasteiger partial charge in [0.15, 0.2) is 0 Å². The minimum absolute atomic E-state index is 0.224. The van der Waals surface area contributed by atoms with Crippen LogP contribution < -0.4 is 5.32 Å². The Kier molecular flexibility index (Phi) is 4.32. The molecule has 16 heavy (non-hydrogen) atoms. The maximum absolute atomic E-state index is 13.1. The summed E-state index contributed by atoms with van der Waals surface area (Å²) in [7, 11) is 0. The van der Waals surface area contributed by atoms with E-state index in [-0.39, 0.29) is 5.82 Å². The Balaban J connectivity index is 1.88. The average molecular weight is 288 g/mol. The van der Waals surface area contributed by atoms with Gasteiger partial charge in [0.05, 0.1) is 12.7 Å². The first-order valence-corrected chi connectivity index (χ1v) is 6.30. The summed E-state index contributed by atoms with van der Waals surface area (Å²) in [5.74, 6) is -0.224. The largest absolute Gasteiger partial charge is 0.373 e. The van der Waals surface area contributed by atoms with Crippen LogP contribution in [0.15, 0.2) is 22.7 Å². The Morgan fingerprint density at radius 1 is 1.31 bits per heavy atom. The van der Waals surface area contributed by atoms with Gasteiger partial charge in [0.2, 0.25) is 0 Å². The molecule has 1 N–H and O–H groups in total. The molecule has 1 aliphatic rings. The first kappa shape index (κ1) is 12.0. The van der Waals surface area contributed by atoms with E-state index in [9.17, 15) is 4.39 Å². The maximum Gasteiger partial charge on any atom is 0.124 e. The minimum atomic E-state index is -0.224. The fourth-order valence-corrected chi connectivity index (χ4v) is 2.38. The van der Waals surface area contributed by atoms with Gasteiger partial charge < -0.3 is 10.1 Å². The lowest BCUT2D eigenvalue weighted by Crippen LogP contribution is -2.32. The van der Waals surface area contributed by atoms with Crippen LogP contribution in [0.2, 0.25) is 0 Å². The molecule has 0 unspecified atom stereocenters. The Hall–Kier alpha value is -0.450. The summed E-state index contributed by atoms with van der Waals surface area (Å²) in [6, 6.07) is 4.87. The van der Waals surface area contributed by atoms with Gasteiger partial charge in [-0.25, -0.2) is 4.39 Å². The summed E-state index contributed by atoms with van der Waals surface area (Å²) in [6.07, 6.45) is 2.38. The molecule has 1 aliphatic heterocycles. The number of nitrogens with one attached hydrogen (secondary N) is 1. The van der Waals surface area contributed by atoms with E-state index in [1.165, 1.54) is 12.1 Å². The topological polar surface area (TPSA) is 21.3 Å². The fourth-order valence-electron chi connectivity index (χ4n) is 1.87. The second-order valence-corrected chi connectivity index (χ2v) is 4.95. The standard InChI is InChI=1S/C12H15BrFNO/c13-10-5-9(6-11(14)7-10)8-16-12-1-3-15-4-2-12/h5-7,12,15H,1-4,8H2. The van der Waals surface area contributed by atoms with Crippen molar-refractivity contribution in [3.05, 3.63) is 34.1 Å². The third kappa shape index (κ3) is 3.54. The molecule has 1 fully saturated rings. The second kappa shape index (κ2) is 5.75. The smallest absolute Gasteiger partial charge is 0.124 e. The van der Waals surface area contributed by atoms with Crippen molar-refractivity contribution in [3.63, 3.8) is 0 Å². The summed E-state index contributed by atoms with van der Waals surface area (Å²) in [6.45, 7) is 2.51. The van der Waals surface area contributed by atoms with Crippen LogP contribution in [0.4, 0.5) is 4.39 Å².